The van der Waals surface area contributed by atoms with Gasteiger partial charge in [-0.1, -0.05) is 0 Å². The highest BCUT2D eigenvalue weighted by Gasteiger charge is 2.12. The van der Waals surface area contributed by atoms with Gasteiger partial charge in [0.25, 0.3) is 0 Å². The van der Waals surface area contributed by atoms with Crippen LogP contribution in [0.25, 0.3) is 0 Å². The van der Waals surface area contributed by atoms with Crippen LogP contribution in [0, 0.1) is 11.6 Å². The molecule has 1 rings (SSSR count). The van der Waals surface area contributed by atoms with Gasteiger partial charge in [0.2, 0.25) is 0 Å². The van der Waals surface area contributed by atoms with Crippen LogP contribution in [0.3, 0.4) is 0 Å². The number of benzene rings is 1. The molecule has 0 amide bonds. The van der Waals surface area contributed by atoms with E-state index < -0.39 is 17.7 Å². The van der Waals surface area contributed by atoms with E-state index in [0.29, 0.717) is 13.2 Å². The molecule has 1 aromatic carbocycles. The van der Waals surface area contributed by atoms with E-state index in [-0.39, 0.29) is 12.2 Å². The fourth-order valence-corrected chi connectivity index (χ4v) is 1.40. The van der Waals surface area contributed by atoms with Crippen LogP contribution in [0.2, 0.25) is 0 Å². The summed E-state index contributed by atoms with van der Waals surface area (Å²) in [4.78, 5) is 0. The fourth-order valence-electron chi connectivity index (χ4n) is 1.40. The predicted molar refractivity (Wildman–Crippen MR) is 60.6 cm³/mol. The fraction of sp³-hybridized carbons (Fsp3) is 0.500. The third kappa shape index (κ3) is 4.77. The first kappa shape index (κ1) is 14.0. The molecule has 1 aromatic rings. The third-order valence-electron chi connectivity index (χ3n) is 2.29. The van der Waals surface area contributed by atoms with Gasteiger partial charge < -0.3 is 15.2 Å². The molecule has 0 aliphatic heterocycles. The molecule has 0 bridgehead atoms. The van der Waals surface area contributed by atoms with Crippen molar-refractivity contribution in [2.24, 2.45) is 5.73 Å². The maximum absolute atomic E-state index is 13.3. The molecule has 1 atom stereocenters. The van der Waals surface area contributed by atoms with Crippen LogP contribution in [-0.4, -0.2) is 26.9 Å². The van der Waals surface area contributed by atoms with Crippen molar-refractivity contribution in [3.63, 3.8) is 0 Å². The van der Waals surface area contributed by atoms with Crippen LogP contribution >= 0.6 is 0 Å². The van der Waals surface area contributed by atoms with Crippen molar-refractivity contribution < 1.29 is 18.3 Å². The maximum atomic E-state index is 13.3. The minimum atomic E-state index is -0.659. The molecular formula is C12H17F2NO2. The van der Waals surface area contributed by atoms with E-state index in [0.717, 1.165) is 24.6 Å². The van der Waals surface area contributed by atoms with Gasteiger partial charge in [-0.2, -0.15) is 0 Å². The van der Waals surface area contributed by atoms with E-state index in [2.05, 4.69) is 0 Å². The Kier molecular flexibility index (Phi) is 6.04. The average Bonchev–Trinajstić information content (AvgIpc) is 2.32. The first-order valence-electron chi connectivity index (χ1n) is 5.42. The maximum Gasteiger partial charge on any atom is 0.128 e. The van der Waals surface area contributed by atoms with Crippen molar-refractivity contribution >= 4 is 0 Å². The van der Waals surface area contributed by atoms with Gasteiger partial charge in [-0.05, 0) is 24.6 Å². The van der Waals surface area contributed by atoms with E-state index in [9.17, 15) is 8.78 Å². The molecule has 96 valence electrons. The molecule has 5 heteroatoms. The lowest BCUT2D eigenvalue weighted by Gasteiger charge is -2.13. The average molecular weight is 245 g/mol. The molecule has 0 aliphatic carbocycles. The van der Waals surface area contributed by atoms with Crippen molar-refractivity contribution in [1.29, 1.82) is 0 Å². The summed E-state index contributed by atoms with van der Waals surface area (Å²) in [5.74, 6) is -1.02. The van der Waals surface area contributed by atoms with Crippen LogP contribution < -0.4 is 5.73 Å². The standard InChI is InChI=1S/C12H17F2NO2/c1-16-5-2-6-17-8-12(15)10-7-9(13)3-4-11(10)14/h3-4,7,12H,2,5-6,8,15H2,1H3. The zero-order chi connectivity index (χ0) is 12.7. The van der Waals surface area contributed by atoms with E-state index in [1.54, 1.807) is 7.11 Å². The number of hydrogen-bond acceptors (Lipinski definition) is 3. The van der Waals surface area contributed by atoms with Gasteiger partial charge in [0.05, 0.1) is 12.6 Å². The number of rotatable bonds is 7. The zero-order valence-electron chi connectivity index (χ0n) is 9.79. The quantitative estimate of drug-likeness (QED) is 0.747. The van der Waals surface area contributed by atoms with E-state index in [1.165, 1.54) is 0 Å². The topological polar surface area (TPSA) is 44.5 Å². The molecule has 0 radical (unpaired) electrons. The second kappa shape index (κ2) is 7.32. The molecule has 0 saturated heterocycles. The molecule has 3 nitrogen and oxygen atoms in total. The summed E-state index contributed by atoms with van der Waals surface area (Å²) >= 11 is 0. The second-order valence-electron chi connectivity index (χ2n) is 3.69. The summed E-state index contributed by atoms with van der Waals surface area (Å²) < 4.78 is 36.3. The molecule has 17 heavy (non-hydrogen) atoms. The van der Waals surface area contributed by atoms with Crippen molar-refractivity contribution in [2.75, 3.05) is 26.9 Å². The lowest BCUT2D eigenvalue weighted by molar-refractivity contribution is 0.0934. The van der Waals surface area contributed by atoms with Gasteiger partial charge in [0, 0.05) is 25.9 Å². The van der Waals surface area contributed by atoms with E-state index >= 15 is 0 Å². The van der Waals surface area contributed by atoms with Crippen LogP contribution in [0.5, 0.6) is 0 Å². The SMILES string of the molecule is COCCCOCC(N)c1cc(F)ccc1F. The summed E-state index contributed by atoms with van der Waals surface area (Å²) in [5.41, 5.74) is 5.85. The van der Waals surface area contributed by atoms with Crippen molar-refractivity contribution in [3.8, 4) is 0 Å². The minimum absolute atomic E-state index is 0.136. The highest BCUT2D eigenvalue weighted by atomic mass is 19.1. The van der Waals surface area contributed by atoms with Crippen molar-refractivity contribution in [3.05, 3.63) is 35.4 Å². The molecule has 0 heterocycles. The van der Waals surface area contributed by atoms with E-state index in [4.69, 9.17) is 15.2 Å². The van der Waals surface area contributed by atoms with E-state index in [1.807, 2.05) is 0 Å². The summed E-state index contributed by atoms with van der Waals surface area (Å²) in [6.45, 7) is 1.24. The lowest BCUT2D eigenvalue weighted by Crippen LogP contribution is -2.19. The van der Waals surface area contributed by atoms with Crippen molar-refractivity contribution in [1.82, 2.24) is 0 Å². The Morgan fingerprint density at radius 2 is 2.06 bits per heavy atom. The van der Waals surface area contributed by atoms with Gasteiger partial charge in [0.15, 0.2) is 0 Å². The van der Waals surface area contributed by atoms with Crippen LogP contribution in [0.4, 0.5) is 8.78 Å². The lowest BCUT2D eigenvalue weighted by atomic mass is 10.1. The Hall–Kier alpha value is -1.04. The molecule has 0 aromatic heterocycles. The normalized spacial score (nSPS) is 12.7. The van der Waals surface area contributed by atoms with Crippen LogP contribution in [-0.2, 0) is 9.47 Å². The number of halogens is 2. The minimum Gasteiger partial charge on any atom is -0.385 e. The predicted octanol–water partition coefficient (Wildman–Crippen LogP) is 2.02. The molecule has 0 spiro atoms. The summed E-state index contributed by atoms with van der Waals surface area (Å²) in [6, 6.07) is 2.56. The molecule has 0 aliphatic rings. The second-order valence-corrected chi connectivity index (χ2v) is 3.69. The third-order valence-corrected chi connectivity index (χ3v) is 2.29. The highest BCUT2D eigenvalue weighted by molar-refractivity contribution is 5.22. The zero-order valence-corrected chi connectivity index (χ0v) is 9.79. The molecule has 0 fully saturated rings. The first-order valence-corrected chi connectivity index (χ1v) is 5.42. The summed E-state index contributed by atoms with van der Waals surface area (Å²) in [6.07, 6.45) is 0.745. The Labute approximate surface area is 99.5 Å². The monoisotopic (exact) mass is 245 g/mol. The molecular weight excluding hydrogens is 228 g/mol. The molecule has 2 N–H and O–H groups in total. The molecule has 1 unspecified atom stereocenters. The Bertz CT molecular complexity index is 347. The molecule has 0 saturated carbocycles. The van der Waals surface area contributed by atoms with Gasteiger partial charge in [0.1, 0.15) is 11.6 Å². The number of hydrogen-bond donors (Lipinski definition) is 1. The van der Waals surface area contributed by atoms with Gasteiger partial charge >= 0.3 is 0 Å². The summed E-state index contributed by atoms with van der Waals surface area (Å²) in [7, 11) is 1.61. The van der Waals surface area contributed by atoms with Crippen molar-refractivity contribution in [2.45, 2.75) is 12.5 Å². The Morgan fingerprint density at radius 3 is 2.76 bits per heavy atom. The Morgan fingerprint density at radius 1 is 1.29 bits per heavy atom. The van der Waals surface area contributed by atoms with Gasteiger partial charge in [-0.3, -0.25) is 0 Å². The first-order chi connectivity index (χ1) is 8.15. The number of nitrogens with two attached hydrogens (primary N) is 1. The highest BCUT2D eigenvalue weighted by Crippen LogP contribution is 2.16. The number of ether oxygens (including phenoxy) is 2. The Balaban J connectivity index is 2.41. The van der Waals surface area contributed by atoms with Gasteiger partial charge in [-0.15, -0.1) is 0 Å². The number of methoxy groups -OCH3 is 1. The smallest absolute Gasteiger partial charge is 0.128 e. The van der Waals surface area contributed by atoms with Crippen LogP contribution in [0.1, 0.15) is 18.0 Å². The largest absolute Gasteiger partial charge is 0.385 e. The summed E-state index contributed by atoms with van der Waals surface area (Å²) in [5, 5.41) is 0. The van der Waals surface area contributed by atoms with Crippen LogP contribution in [0.15, 0.2) is 18.2 Å². The van der Waals surface area contributed by atoms with Gasteiger partial charge in [-0.25, -0.2) is 8.78 Å².